The maximum Gasteiger partial charge on any atom is 0.206 e. The van der Waals surface area contributed by atoms with Gasteiger partial charge in [0.25, 0.3) is 0 Å². The van der Waals surface area contributed by atoms with Gasteiger partial charge >= 0.3 is 0 Å². The fourth-order valence-corrected chi connectivity index (χ4v) is 10.0. The molecule has 0 radical (unpaired) electrons. The molecule has 8 rings (SSSR count). The van der Waals surface area contributed by atoms with Crippen LogP contribution < -0.4 is 19.3 Å². The van der Waals surface area contributed by atoms with Gasteiger partial charge in [-0.25, -0.2) is 8.42 Å². The second-order valence-corrected chi connectivity index (χ2v) is 20.2. The van der Waals surface area contributed by atoms with Crippen molar-refractivity contribution in [3.8, 4) is 28.4 Å². The van der Waals surface area contributed by atoms with E-state index in [1.807, 2.05) is 60.7 Å². The van der Waals surface area contributed by atoms with Gasteiger partial charge in [-0.2, -0.15) is 0 Å². The quantitative estimate of drug-likeness (QED) is 0.0855. The van der Waals surface area contributed by atoms with Crippen LogP contribution in [0, 0.1) is 0 Å². The summed E-state index contributed by atoms with van der Waals surface area (Å²) in [5, 5.41) is 0. The summed E-state index contributed by atoms with van der Waals surface area (Å²) in [4.78, 5) is 4.98. The summed E-state index contributed by atoms with van der Waals surface area (Å²) in [6.45, 7) is 13.0. The van der Waals surface area contributed by atoms with Gasteiger partial charge in [-0.05, 0) is 182 Å². The van der Waals surface area contributed by atoms with Gasteiger partial charge in [0.2, 0.25) is 9.84 Å². The molecule has 0 aliphatic carbocycles. The van der Waals surface area contributed by atoms with E-state index in [2.05, 4.69) is 161 Å². The van der Waals surface area contributed by atoms with E-state index < -0.39 is 9.84 Å². The molecule has 340 valence electrons. The van der Waals surface area contributed by atoms with Crippen LogP contribution in [0.4, 0.5) is 34.1 Å². The van der Waals surface area contributed by atoms with Crippen molar-refractivity contribution >= 4 is 44.0 Å². The summed E-state index contributed by atoms with van der Waals surface area (Å²) in [7, 11) is -3.69. The van der Waals surface area contributed by atoms with Crippen LogP contribution in [0.15, 0.2) is 216 Å². The predicted molar refractivity (Wildman–Crippen MR) is 277 cm³/mol. The highest BCUT2D eigenvalue weighted by Crippen LogP contribution is 2.40. The van der Waals surface area contributed by atoms with Gasteiger partial charge in [-0.15, -0.1) is 0 Å². The molecule has 0 aromatic heterocycles. The monoisotopic (exact) mass is 904 g/mol. The predicted octanol–water partition coefficient (Wildman–Crippen LogP) is 17.0. The normalized spacial score (nSPS) is 11.8. The van der Waals surface area contributed by atoms with E-state index in [0.717, 1.165) is 82.2 Å². The van der Waals surface area contributed by atoms with Crippen LogP contribution in [-0.2, 0) is 15.3 Å². The van der Waals surface area contributed by atoms with Crippen molar-refractivity contribution in [2.45, 2.75) is 88.0 Å². The lowest BCUT2D eigenvalue weighted by molar-refractivity contribution is 0.0986. The Bertz CT molecular complexity index is 2940. The maximum atomic E-state index is 13.5. The molecule has 0 aliphatic heterocycles. The number of sulfone groups is 1. The highest BCUT2D eigenvalue weighted by molar-refractivity contribution is 7.91. The fraction of sp³-hybridized carbons (Fsp3) is 0.200. The Morgan fingerprint density at radius 2 is 0.746 bits per heavy atom. The van der Waals surface area contributed by atoms with E-state index in [1.54, 1.807) is 36.4 Å². The first-order chi connectivity index (χ1) is 32.3. The first-order valence-corrected chi connectivity index (χ1v) is 24.8. The Morgan fingerprint density at radius 1 is 0.403 bits per heavy atom. The molecule has 0 N–H and O–H groups in total. The summed E-state index contributed by atoms with van der Waals surface area (Å²) >= 11 is 0. The topological polar surface area (TPSA) is 59.1 Å². The molecule has 6 nitrogen and oxygen atoms in total. The van der Waals surface area contributed by atoms with Crippen LogP contribution in [0.25, 0.3) is 11.1 Å². The van der Waals surface area contributed by atoms with E-state index in [-0.39, 0.29) is 20.8 Å². The summed E-state index contributed by atoms with van der Waals surface area (Å²) < 4.78 is 39.6. The van der Waals surface area contributed by atoms with Crippen molar-refractivity contribution in [3.05, 3.63) is 212 Å². The van der Waals surface area contributed by atoms with E-state index >= 15 is 0 Å². The van der Waals surface area contributed by atoms with Crippen LogP contribution in [-0.4, -0.2) is 14.0 Å². The largest absolute Gasteiger partial charge is 0.488 e. The number of anilines is 6. The van der Waals surface area contributed by atoms with Crippen LogP contribution in [0.1, 0.15) is 72.8 Å². The summed E-state index contributed by atoms with van der Waals surface area (Å²) in [5.74, 6) is 2.05. The molecule has 0 heterocycles. The Balaban J connectivity index is 0.975. The number of nitrogens with zero attached hydrogens (tertiary/aromatic N) is 2. The molecule has 0 amide bonds. The highest BCUT2D eigenvalue weighted by atomic mass is 32.2. The molecule has 0 bridgehead atoms. The molecule has 8 aromatic rings. The molecular formula is C60H60N2O4S. The molecule has 0 saturated heterocycles. The zero-order valence-corrected chi connectivity index (χ0v) is 40.2. The molecule has 8 aromatic carbocycles. The SMILES string of the molecule is CCCC(C)(C)Oc1ccc(N(c2ccccc2)c2ccc(-c3ccc(N(c4ccccc4)c4ccc(Oc5ccc(S(=O)(=O)c6ccc(C(C)(C)CCC)cc6)cc5)cc4)cc3)cc2)cc1. The maximum absolute atomic E-state index is 13.5. The summed E-state index contributed by atoms with van der Waals surface area (Å²) in [6, 6.07) is 68.3. The Morgan fingerprint density at radius 3 is 1.15 bits per heavy atom. The Kier molecular flexibility index (Phi) is 14.0. The zero-order chi connectivity index (χ0) is 47.0. The lowest BCUT2D eigenvalue weighted by atomic mass is 9.81. The van der Waals surface area contributed by atoms with Gasteiger partial charge in [0.1, 0.15) is 22.8 Å². The highest BCUT2D eigenvalue weighted by Gasteiger charge is 2.23. The fourth-order valence-electron chi connectivity index (χ4n) is 8.77. The van der Waals surface area contributed by atoms with E-state index in [9.17, 15) is 8.42 Å². The number of para-hydroxylation sites is 2. The molecule has 0 unspecified atom stereocenters. The number of benzene rings is 8. The minimum absolute atomic E-state index is 0.0141. The molecule has 0 fully saturated rings. The van der Waals surface area contributed by atoms with Crippen LogP contribution in [0.2, 0.25) is 0 Å². The van der Waals surface area contributed by atoms with Gasteiger partial charge in [-0.1, -0.05) is 113 Å². The van der Waals surface area contributed by atoms with Gasteiger partial charge < -0.3 is 19.3 Å². The van der Waals surface area contributed by atoms with Crippen molar-refractivity contribution < 1.29 is 17.9 Å². The lowest BCUT2D eigenvalue weighted by Crippen LogP contribution is -2.27. The molecule has 0 spiro atoms. The minimum Gasteiger partial charge on any atom is -0.488 e. The molecule has 0 aliphatic rings. The average Bonchev–Trinajstić information content (AvgIpc) is 3.34. The van der Waals surface area contributed by atoms with E-state index in [1.165, 1.54) is 0 Å². The van der Waals surface area contributed by atoms with E-state index in [0.29, 0.717) is 11.5 Å². The van der Waals surface area contributed by atoms with Crippen molar-refractivity contribution in [2.24, 2.45) is 0 Å². The van der Waals surface area contributed by atoms with Gasteiger partial charge in [-0.3, -0.25) is 0 Å². The number of hydrogen-bond acceptors (Lipinski definition) is 6. The van der Waals surface area contributed by atoms with Crippen molar-refractivity contribution in [1.29, 1.82) is 0 Å². The van der Waals surface area contributed by atoms with Gasteiger partial charge in [0, 0.05) is 34.1 Å². The average molecular weight is 905 g/mol. The third-order valence-corrected chi connectivity index (χ3v) is 14.0. The second kappa shape index (κ2) is 20.2. The molecule has 0 saturated carbocycles. The van der Waals surface area contributed by atoms with Crippen molar-refractivity contribution in [2.75, 3.05) is 9.80 Å². The number of rotatable bonds is 18. The standard InChI is InChI=1S/C60H60N2O4S/c1-7-43-59(3,4)47-23-39-57(40-24-47)67(63,64)58-41-37-55(38-42-58)65-54-33-29-52(30-34-54)61(48-15-11-9-12-16-48)50-25-19-45(20-26-50)46-21-27-51(28-22-46)62(49-17-13-10-14-18-49)53-31-35-56(36-32-53)66-60(5,6)44-8-2/h9-42H,7-8,43-44H2,1-6H3. The third-order valence-electron chi connectivity index (χ3n) is 12.2. The third kappa shape index (κ3) is 11.0. The first kappa shape index (κ1) is 46.4. The lowest BCUT2D eigenvalue weighted by Gasteiger charge is -2.28. The van der Waals surface area contributed by atoms with Crippen molar-refractivity contribution in [1.82, 2.24) is 0 Å². The number of hydrogen-bond donors (Lipinski definition) is 0. The van der Waals surface area contributed by atoms with E-state index in [4.69, 9.17) is 9.47 Å². The second-order valence-electron chi connectivity index (χ2n) is 18.3. The Labute approximate surface area is 398 Å². The smallest absolute Gasteiger partial charge is 0.206 e. The summed E-state index contributed by atoms with van der Waals surface area (Å²) in [6.07, 6.45) is 4.15. The van der Waals surface area contributed by atoms with Gasteiger partial charge in [0.15, 0.2) is 0 Å². The molecular weight excluding hydrogens is 845 g/mol. The summed E-state index contributed by atoms with van der Waals surface area (Å²) in [5.41, 5.74) is 9.30. The van der Waals surface area contributed by atoms with Crippen LogP contribution in [0.3, 0.4) is 0 Å². The van der Waals surface area contributed by atoms with Crippen LogP contribution in [0.5, 0.6) is 17.2 Å². The minimum atomic E-state index is -3.69. The first-order valence-electron chi connectivity index (χ1n) is 23.3. The Hall–Kier alpha value is -7.09. The van der Waals surface area contributed by atoms with Crippen molar-refractivity contribution in [3.63, 3.8) is 0 Å². The number of ether oxygens (including phenoxy) is 2. The zero-order valence-electron chi connectivity index (χ0n) is 39.4. The molecule has 7 heteroatoms. The van der Waals surface area contributed by atoms with Gasteiger partial charge in [0.05, 0.1) is 9.79 Å². The van der Waals surface area contributed by atoms with Crippen LogP contribution >= 0.6 is 0 Å². The molecule has 67 heavy (non-hydrogen) atoms. The molecule has 0 atom stereocenters.